The molecule has 0 amide bonds. The molecule has 22 heavy (non-hydrogen) atoms. The Hall–Kier alpha value is -2.47. The van der Waals surface area contributed by atoms with Gasteiger partial charge in [-0.2, -0.15) is 0 Å². The third-order valence-electron chi connectivity index (χ3n) is 4.09. The summed E-state index contributed by atoms with van der Waals surface area (Å²) < 4.78 is 0. The molecule has 3 aromatic rings. The van der Waals surface area contributed by atoms with Gasteiger partial charge in [-0.25, -0.2) is 15.0 Å². The van der Waals surface area contributed by atoms with Gasteiger partial charge in [0.1, 0.15) is 11.8 Å². The van der Waals surface area contributed by atoms with Gasteiger partial charge in [-0.1, -0.05) is 30.3 Å². The Balaban J connectivity index is 1.42. The molecule has 3 heterocycles. The Labute approximate surface area is 128 Å². The highest BCUT2D eigenvalue weighted by Crippen LogP contribution is 2.20. The number of hydrogen-bond acceptors (Lipinski definition) is 5. The van der Waals surface area contributed by atoms with Crippen LogP contribution in [0.25, 0.3) is 11.2 Å². The topological polar surface area (TPSA) is 69.7 Å². The lowest BCUT2D eigenvalue weighted by molar-refractivity contribution is 0.328. The van der Waals surface area contributed by atoms with Crippen LogP contribution in [0, 0.1) is 0 Å². The average Bonchev–Trinajstić information content (AvgIpc) is 3.18. The second kappa shape index (κ2) is 5.73. The minimum atomic E-state index is 0.408. The fourth-order valence-electron chi connectivity index (χ4n) is 3.00. The molecule has 4 rings (SSSR count). The standard InChI is InChI=1S/C16H18N6/c1-2-4-12(5-3-1)8-22-7-6-13(9-22)21-16-14-15(18-10-17-14)19-11-20-16/h1-5,10-11,13H,6-9H2,(H2,17,18,19,20,21)/t13-/m0/s1. The minimum Gasteiger partial charge on any atom is -0.364 e. The zero-order valence-electron chi connectivity index (χ0n) is 12.2. The molecular formula is C16H18N6. The lowest BCUT2D eigenvalue weighted by Crippen LogP contribution is -2.26. The molecule has 1 fully saturated rings. The molecule has 1 aromatic carbocycles. The molecule has 0 saturated carbocycles. The highest BCUT2D eigenvalue weighted by Gasteiger charge is 2.23. The van der Waals surface area contributed by atoms with Crippen molar-refractivity contribution in [2.75, 3.05) is 18.4 Å². The maximum Gasteiger partial charge on any atom is 0.182 e. The van der Waals surface area contributed by atoms with Crippen molar-refractivity contribution in [1.82, 2.24) is 24.8 Å². The van der Waals surface area contributed by atoms with Crippen LogP contribution in [0.3, 0.4) is 0 Å². The smallest absolute Gasteiger partial charge is 0.182 e. The number of imidazole rings is 1. The van der Waals surface area contributed by atoms with Crippen molar-refractivity contribution < 1.29 is 0 Å². The third-order valence-corrected chi connectivity index (χ3v) is 4.09. The van der Waals surface area contributed by atoms with Gasteiger partial charge in [0, 0.05) is 25.7 Å². The number of anilines is 1. The van der Waals surface area contributed by atoms with Crippen molar-refractivity contribution in [2.24, 2.45) is 0 Å². The van der Waals surface area contributed by atoms with Crippen molar-refractivity contribution in [2.45, 2.75) is 19.0 Å². The minimum absolute atomic E-state index is 0.408. The van der Waals surface area contributed by atoms with E-state index in [-0.39, 0.29) is 0 Å². The number of aromatic nitrogens is 4. The lowest BCUT2D eigenvalue weighted by atomic mass is 10.2. The van der Waals surface area contributed by atoms with Crippen LogP contribution < -0.4 is 5.32 Å². The van der Waals surface area contributed by atoms with Gasteiger partial charge in [0.2, 0.25) is 0 Å². The maximum absolute atomic E-state index is 4.34. The largest absolute Gasteiger partial charge is 0.364 e. The van der Waals surface area contributed by atoms with Crippen molar-refractivity contribution in [1.29, 1.82) is 0 Å². The number of benzene rings is 1. The molecule has 2 N–H and O–H groups in total. The van der Waals surface area contributed by atoms with E-state index in [4.69, 9.17) is 0 Å². The average molecular weight is 294 g/mol. The van der Waals surface area contributed by atoms with Crippen LogP contribution in [0.15, 0.2) is 43.0 Å². The molecule has 1 saturated heterocycles. The first kappa shape index (κ1) is 13.2. The number of fused-ring (bicyclic) bond motifs is 1. The molecule has 0 radical (unpaired) electrons. The summed E-state index contributed by atoms with van der Waals surface area (Å²) >= 11 is 0. The van der Waals surface area contributed by atoms with Gasteiger partial charge in [-0.3, -0.25) is 4.90 Å². The van der Waals surface area contributed by atoms with Crippen LogP contribution in [0.1, 0.15) is 12.0 Å². The summed E-state index contributed by atoms with van der Waals surface area (Å²) in [7, 11) is 0. The van der Waals surface area contributed by atoms with Crippen molar-refractivity contribution >= 4 is 17.0 Å². The SMILES string of the molecule is c1ccc(CN2CC[C@H](Nc3ncnc4nc[nH]c34)C2)cc1. The van der Waals surface area contributed by atoms with E-state index in [0.717, 1.165) is 37.4 Å². The fraction of sp³-hybridized carbons (Fsp3) is 0.312. The normalized spacial score (nSPS) is 18.8. The molecule has 0 spiro atoms. The van der Waals surface area contributed by atoms with E-state index >= 15 is 0 Å². The van der Waals surface area contributed by atoms with E-state index in [1.165, 1.54) is 5.56 Å². The van der Waals surface area contributed by atoms with Crippen molar-refractivity contribution in [3.63, 3.8) is 0 Å². The third kappa shape index (κ3) is 2.65. The number of aromatic amines is 1. The van der Waals surface area contributed by atoms with Crippen molar-refractivity contribution in [3.05, 3.63) is 48.5 Å². The molecule has 112 valence electrons. The number of rotatable bonds is 4. The second-order valence-corrected chi connectivity index (χ2v) is 5.67. The van der Waals surface area contributed by atoms with E-state index in [1.54, 1.807) is 12.7 Å². The quantitative estimate of drug-likeness (QED) is 0.770. The Kier molecular flexibility index (Phi) is 3.44. The van der Waals surface area contributed by atoms with E-state index < -0.39 is 0 Å². The highest BCUT2D eigenvalue weighted by atomic mass is 15.2. The number of likely N-dealkylation sites (tertiary alicyclic amines) is 1. The first-order valence-corrected chi connectivity index (χ1v) is 7.55. The summed E-state index contributed by atoms with van der Waals surface area (Å²) in [5.74, 6) is 0.842. The van der Waals surface area contributed by atoms with E-state index in [9.17, 15) is 0 Å². The highest BCUT2D eigenvalue weighted by molar-refractivity contribution is 5.82. The van der Waals surface area contributed by atoms with Gasteiger partial charge in [-0.15, -0.1) is 0 Å². The van der Waals surface area contributed by atoms with Crippen LogP contribution in [-0.4, -0.2) is 44.0 Å². The molecule has 0 unspecified atom stereocenters. The summed E-state index contributed by atoms with van der Waals surface area (Å²) in [5, 5.41) is 3.52. The van der Waals surface area contributed by atoms with E-state index in [0.29, 0.717) is 11.7 Å². The molecule has 1 aliphatic heterocycles. The molecule has 2 aromatic heterocycles. The molecule has 1 atom stereocenters. The second-order valence-electron chi connectivity index (χ2n) is 5.67. The van der Waals surface area contributed by atoms with Crippen LogP contribution in [0.5, 0.6) is 0 Å². The van der Waals surface area contributed by atoms with Crippen LogP contribution in [0.2, 0.25) is 0 Å². The van der Waals surface area contributed by atoms with E-state index in [1.807, 2.05) is 0 Å². The number of nitrogens with zero attached hydrogens (tertiary/aromatic N) is 4. The van der Waals surface area contributed by atoms with Gasteiger partial charge in [0.15, 0.2) is 11.5 Å². The Morgan fingerprint density at radius 3 is 3.00 bits per heavy atom. The Morgan fingerprint density at radius 1 is 1.18 bits per heavy atom. The summed E-state index contributed by atoms with van der Waals surface area (Å²) in [4.78, 5) is 18.2. The Bertz CT molecular complexity index is 753. The molecule has 0 aliphatic carbocycles. The summed E-state index contributed by atoms with van der Waals surface area (Å²) in [6.07, 6.45) is 4.33. The number of hydrogen-bond donors (Lipinski definition) is 2. The number of H-pyrrole nitrogens is 1. The van der Waals surface area contributed by atoms with Gasteiger partial charge in [0.05, 0.1) is 6.33 Å². The van der Waals surface area contributed by atoms with Crippen LogP contribution in [-0.2, 0) is 6.54 Å². The fourth-order valence-corrected chi connectivity index (χ4v) is 3.00. The van der Waals surface area contributed by atoms with Gasteiger partial charge >= 0.3 is 0 Å². The molecule has 6 nitrogen and oxygen atoms in total. The van der Waals surface area contributed by atoms with Crippen LogP contribution >= 0.6 is 0 Å². The summed E-state index contributed by atoms with van der Waals surface area (Å²) in [6, 6.07) is 11.0. The van der Waals surface area contributed by atoms with Crippen LogP contribution in [0.4, 0.5) is 5.82 Å². The zero-order valence-corrected chi connectivity index (χ0v) is 12.2. The van der Waals surface area contributed by atoms with E-state index in [2.05, 4.69) is 60.5 Å². The zero-order chi connectivity index (χ0) is 14.8. The molecule has 1 aliphatic rings. The van der Waals surface area contributed by atoms with Crippen molar-refractivity contribution in [3.8, 4) is 0 Å². The Morgan fingerprint density at radius 2 is 2.09 bits per heavy atom. The van der Waals surface area contributed by atoms with Gasteiger partial charge in [-0.05, 0) is 12.0 Å². The predicted molar refractivity (Wildman–Crippen MR) is 85.4 cm³/mol. The van der Waals surface area contributed by atoms with Gasteiger partial charge < -0.3 is 10.3 Å². The number of nitrogens with one attached hydrogen (secondary N) is 2. The molecule has 0 bridgehead atoms. The van der Waals surface area contributed by atoms with Gasteiger partial charge in [0.25, 0.3) is 0 Å². The predicted octanol–water partition coefficient (Wildman–Crippen LogP) is 2.04. The lowest BCUT2D eigenvalue weighted by Gasteiger charge is -2.17. The molecule has 6 heteroatoms. The molecular weight excluding hydrogens is 276 g/mol. The summed E-state index contributed by atoms with van der Waals surface area (Å²) in [6.45, 7) is 3.13. The first-order chi connectivity index (χ1) is 10.9. The maximum atomic E-state index is 4.34. The monoisotopic (exact) mass is 294 g/mol. The first-order valence-electron chi connectivity index (χ1n) is 7.55. The summed E-state index contributed by atoms with van der Waals surface area (Å²) in [5.41, 5.74) is 2.95.